The maximum Gasteiger partial charge on any atom is 0.252 e. The van der Waals surface area contributed by atoms with Crippen LogP contribution in [0.3, 0.4) is 0 Å². The number of benzene rings is 2. The summed E-state index contributed by atoms with van der Waals surface area (Å²) in [6, 6.07) is 15.2. The third kappa shape index (κ3) is 2.62. The molecule has 3 N–H and O–H groups in total. The summed E-state index contributed by atoms with van der Waals surface area (Å²) in [4.78, 5) is 25.7. The fraction of sp³-hybridized carbons (Fsp3) is 0. The van der Waals surface area contributed by atoms with Crippen molar-refractivity contribution >= 4 is 16.8 Å². The number of carbonyl (C=O) groups excluding carboxylic acids is 1. The summed E-state index contributed by atoms with van der Waals surface area (Å²) in [5.74, 6) is 0.450. The minimum Gasteiger partial charge on any atom is -0.456 e. The van der Waals surface area contributed by atoms with Crippen molar-refractivity contribution in [1.29, 1.82) is 0 Å². The minimum absolute atomic E-state index is 0.278. The second-order valence-electron chi connectivity index (χ2n) is 4.54. The Kier molecular flexibility index (Phi) is 3.16. The third-order valence-corrected chi connectivity index (χ3v) is 3.06. The van der Waals surface area contributed by atoms with E-state index in [1.807, 2.05) is 18.2 Å². The number of primary amides is 1. The predicted octanol–water partition coefficient (Wildman–Crippen LogP) is 2.42. The molecular weight excluding hydrogens is 268 g/mol. The smallest absolute Gasteiger partial charge is 0.252 e. The van der Waals surface area contributed by atoms with Gasteiger partial charge in [0.15, 0.2) is 0 Å². The van der Waals surface area contributed by atoms with Gasteiger partial charge in [-0.15, -0.1) is 0 Å². The zero-order valence-electron chi connectivity index (χ0n) is 11.0. The van der Waals surface area contributed by atoms with Gasteiger partial charge in [-0.1, -0.05) is 18.2 Å². The van der Waals surface area contributed by atoms with Crippen LogP contribution in [0.15, 0.2) is 59.4 Å². The quantitative estimate of drug-likeness (QED) is 0.772. The maximum atomic E-state index is 11.7. The lowest BCUT2D eigenvalue weighted by Gasteiger charge is -2.09. The number of hydrogen-bond acceptors (Lipinski definition) is 3. The number of H-pyrrole nitrogens is 1. The zero-order valence-corrected chi connectivity index (χ0v) is 11.0. The number of nitrogens with two attached hydrogens (primary N) is 1. The Bertz CT molecular complexity index is 870. The number of hydrogen-bond donors (Lipinski definition) is 2. The van der Waals surface area contributed by atoms with Crippen LogP contribution >= 0.6 is 0 Å². The molecule has 5 nitrogen and oxygen atoms in total. The molecule has 3 rings (SSSR count). The Hall–Kier alpha value is -3.08. The Balaban J connectivity index is 2.17. The first-order valence-electron chi connectivity index (χ1n) is 6.33. The van der Waals surface area contributed by atoms with Gasteiger partial charge in [0.2, 0.25) is 5.91 Å². The highest BCUT2D eigenvalue weighted by Crippen LogP contribution is 2.28. The van der Waals surface area contributed by atoms with Gasteiger partial charge < -0.3 is 15.5 Å². The van der Waals surface area contributed by atoms with Crippen molar-refractivity contribution < 1.29 is 9.53 Å². The van der Waals surface area contributed by atoms with E-state index in [-0.39, 0.29) is 5.56 Å². The van der Waals surface area contributed by atoms with Crippen LogP contribution in [0, 0.1) is 0 Å². The number of para-hydroxylation sites is 1. The van der Waals surface area contributed by atoms with Crippen molar-refractivity contribution in [3.63, 3.8) is 0 Å². The molecule has 104 valence electrons. The predicted molar refractivity (Wildman–Crippen MR) is 79.6 cm³/mol. The lowest BCUT2D eigenvalue weighted by Crippen LogP contribution is -2.11. The number of fused-ring (bicyclic) bond motifs is 1. The monoisotopic (exact) mass is 280 g/mol. The second kappa shape index (κ2) is 5.13. The highest BCUT2D eigenvalue weighted by atomic mass is 16.5. The molecule has 1 amide bonds. The van der Waals surface area contributed by atoms with E-state index in [2.05, 4.69) is 4.98 Å². The van der Waals surface area contributed by atoms with Crippen LogP contribution in [0.1, 0.15) is 10.4 Å². The molecule has 0 fully saturated rings. The molecule has 0 unspecified atom stereocenters. The molecule has 1 heterocycles. The van der Waals surface area contributed by atoms with Gasteiger partial charge in [0.05, 0.1) is 5.52 Å². The van der Waals surface area contributed by atoms with Crippen molar-refractivity contribution in [3.05, 3.63) is 70.5 Å². The van der Waals surface area contributed by atoms with Gasteiger partial charge in [-0.25, -0.2) is 0 Å². The molecule has 5 heteroatoms. The van der Waals surface area contributed by atoms with Gasteiger partial charge >= 0.3 is 0 Å². The van der Waals surface area contributed by atoms with Crippen LogP contribution < -0.4 is 16.0 Å². The fourth-order valence-corrected chi connectivity index (χ4v) is 2.08. The molecule has 0 saturated carbocycles. The maximum absolute atomic E-state index is 11.7. The van der Waals surface area contributed by atoms with Crippen LogP contribution in [-0.4, -0.2) is 10.9 Å². The molecule has 21 heavy (non-hydrogen) atoms. The SMILES string of the molecule is NC(=O)c1ccc2[nH]c(=O)cc(Oc3ccccc3)c2c1. The molecule has 0 aliphatic carbocycles. The summed E-state index contributed by atoms with van der Waals surface area (Å²) in [5, 5.41) is 0.620. The van der Waals surface area contributed by atoms with Gasteiger partial charge in [0, 0.05) is 17.0 Å². The van der Waals surface area contributed by atoms with E-state index in [1.54, 1.807) is 30.3 Å². The zero-order chi connectivity index (χ0) is 14.8. The average Bonchev–Trinajstić information content (AvgIpc) is 2.47. The fourth-order valence-electron chi connectivity index (χ4n) is 2.08. The van der Waals surface area contributed by atoms with Gasteiger partial charge in [0.1, 0.15) is 11.5 Å². The number of aromatic nitrogens is 1. The molecule has 0 radical (unpaired) electrons. The lowest BCUT2D eigenvalue weighted by atomic mass is 10.1. The van der Waals surface area contributed by atoms with E-state index in [9.17, 15) is 9.59 Å². The number of aromatic amines is 1. The van der Waals surface area contributed by atoms with Crippen molar-refractivity contribution in [2.45, 2.75) is 0 Å². The van der Waals surface area contributed by atoms with Gasteiger partial charge in [0.25, 0.3) is 5.56 Å². The molecule has 0 saturated heterocycles. The molecule has 0 spiro atoms. The molecule has 0 aliphatic rings. The molecule has 3 aromatic rings. The summed E-state index contributed by atoms with van der Waals surface area (Å²) in [7, 11) is 0. The Labute approximate surface area is 120 Å². The van der Waals surface area contributed by atoms with Gasteiger partial charge in [-0.3, -0.25) is 9.59 Å². The molecular formula is C16H12N2O3. The highest BCUT2D eigenvalue weighted by Gasteiger charge is 2.09. The van der Waals surface area contributed by atoms with Crippen molar-refractivity contribution in [2.75, 3.05) is 0 Å². The summed E-state index contributed by atoms with van der Waals surface area (Å²) in [6.45, 7) is 0. The summed E-state index contributed by atoms with van der Waals surface area (Å²) < 4.78 is 5.74. The van der Waals surface area contributed by atoms with E-state index < -0.39 is 5.91 Å². The lowest BCUT2D eigenvalue weighted by molar-refractivity contribution is 0.100. The molecule has 2 aromatic carbocycles. The Morgan fingerprint density at radius 2 is 1.81 bits per heavy atom. The van der Waals surface area contributed by atoms with Crippen molar-refractivity contribution in [2.24, 2.45) is 5.73 Å². The second-order valence-corrected chi connectivity index (χ2v) is 4.54. The normalized spacial score (nSPS) is 10.5. The number of rotatable bonds is 3. The first kappa shape index (κ1) is 12.9. The minimum atomic E-state index is -0.534. The topological polar surface area (TPSA) is 85.2 Å². The Morgan fingerprint density at radius 3 is 2.52 bits per heavy atom. The van der Waals surface area contributed by atoms with Gasteiger partial charge in [-0.2, -0.15) is 0 Å². The summed E-state index contributed by atoms with van der Waals surface area (Å²) in [5.41, 5.74) is 5.94. The van der Waals surface area contributed by atoms with Crippen LogP contribution in [-0.2, 0) is 0 Å². The largest absolute Gasteiger partial charge is 0.456 e. The number of ether oxygens (including phenoxy) is 1. The standard InChI is InChI=1S/C16H12N2O3/c17-16(20)10-6-7-13-12(8-10)14(9-15(19)18-13)21-11-4-2-1-3-5-11/h1-9H,(H2,17,20)(H,18,19). The number of amides is 1. The molecule has 0 atom stereocenters. The van der Waals surface area contributed by atoms with Crippen molar-refractivity contribution in [1.82, 2.24) is 4.98 Å². The van der Waals surface area contributed by atoms with E-state index in [4.69, 9.17) is 10.5 Å². The number of carbonyl (C=O) groups is 1. The average molecular weight is 280 g/mol. The summed E-state index contributed by atoms with van der Waals surface area (Å²) >= 11 is 0. The van der Waals surface area contributed by atoms with Crippen LogP contribution in [0.25, 0.3) is 10.9 Å². The van der Waals surface area contributed by atoms with Crippen LogP contribution in [0.5, 0.6) is 11.5 Å². The number of nitrogens with one attached hydrogen (secondary N) is 1. The van der Waals surface area contributed by atoms with Gasteiger partial charge in [-0.05, 0) is 30.3 Å². The third-order valence-electron chi connectivity index (χ3n) is 3.06. The van der Waals surface area contributed by atoms with Crippen LogP contribution in [0.4, 0.5) is 0 Å². The molecule has 1 aromatic heterocycles. The molecule has 0 bridgehead atoms. The van der Waals surface area contributed by atoms with E-state index >= 15 is 0 Å². The number of pyridine rings is 1. The first-order valence-corrected chi connectivity index (χ1v) is 6.33. The highest BCUT2D eigenvalue weighted by molar-refractivity contribution is 5.98. The Morgan fingerprint density at radius 1 is 1.05 bits per heavy atom. The summed E-state index contributed by atoms with van der Waals surface area (Å²) in [6.07, 6.45) is 0. The van der Waals surface area contributed by atoms with E-state index in [0.29, 0.717) is 28.0 Å². The van der Waals surface area contributed by atoms with E-state index in [0.717, 1.165) is 0 Å². The van der Waals surface area contributed by atoms with Crippen molar-refractivity contribution in [3.8, 4) is 11.5 Å². The van der Waals surface area contributed by atoms with Crippen LogP contribution in [0.2, 0.25) is 0 Å². The molecule has 0 aliphatic heterocycles. The first-order chi connectivity index (χ1) is 10.1. The van der Waals surface area contributed by atoms with E-state index in [1.165, 1.54) is 6.07 Å².